The molecule has 7 nitrogen and oxygen atoms in total. The number of carbonyl (C=O) groups is 1. The Morgan fingerprint density at radius 3 is 2.29 bits per heavy atom. The molecule has 0 radical (unpaired) electrons. The van der Waals surface area contributed by atoms with Crippen molar-refractivity contribution in [2.45, 2.75) is 25.7 Å². The number of sulfonamides is 1. The molecule has 3 aromatic rings. The lowest BCUT2D eigenvalue weighted by Crippen LogP contribution is -2.40. The highest BCUT2D eigenvalue weighted by Crippen LogP contribution is 2.26. The van der Waals surface area contributed by atoms with Crippen molar-refractivity contribution in [2.75, 3.05) is 17.5 Å². The van der Waals surface area contributed by atoms with Crippen LogP contribution in [0.1, 0.15) is 25.0 Å². The second kappa shape index (κ2) is 11.5. The second-order valence-corrected chi connectivity index (χ2v) is 10.0. The van der Waals surface area contributed by atoms with Gasteiger partial charge in [-0.3, -0.25) is 9.10 Å². The molecule has 3 aromatic carbocycles. The van der Waals surface area contributed by atoms with Crippen LogP contribution in [0.5, 0.6) is 5.75 Å². The van der Waals surface area contributed by atoms with Crippen LogP contribution in [0.2, 0.25) is 0 Å². The van der Waals surface area contributed by atoms with Gasteiger partial charge < -0.3 is 4.74 Å². The van der Waals surface area contributed by atoms with Gasteiger partial charge in [0, 0.05) is 0 Å². The standard InChI is InChI=1S/C26H29N3O4S/c1-20(2)19-33-23-15-13-22(14-16-23)17-27-28-26(30)18-29(25-12-8-7-9-21(25)3)34(31,32)24-10-5-4-6-11-24/h4-17,20H,18-19H2,1-3H3,(H,28,30)/b27-17-. The van der Waals surface area contributed by atoms with Crippen molar-refractivity contribution in [3.63, 3.8) is 0 Å². The highest BCUT2D eigenvalue weighted by Gasteiger charge is 2.27. The molecule has 0 aliphatic heterocycles. The summed E-state index contributed by atoms with van der Waals surface area (Å²) in [4.78, 5) is 12.8. The summed E-state index contributed by atoms with van der Waals surface area (Å²) >= 11 is 0. The Labute approximate surface area is 201 Å². The first-order valence-corrected chi connectivity index (χ1v) is 12.4. The molecule has 0 spiro atoms. The van der Waals surface area contributed by atoms with Crippen LogP contribution in [0.4, 0.5) is 5.69 Å². The van der Waals surface area contributed by atoms with E-state index in [-0.39, 0.29) is 4.90 Å². The zero-order valence-corrected chi connectivity index (χ0v) is 20.3. The van der Waals surface area contributed by atoms with E-state index in [4.69, 9.17) is 4.74 Å². The van der Waals surface area contributed by atoms with Crippen LogP contribution in [0.15, 0.2) is 88.9 Å². The Kier molecular flexibility index (Phi) is 8.43. The molecule has 1 N–H and O–H groups in total. The molecule has 0 bridgehead atoms. The minimum atomic E-state index is -3.96. The second-order valence-electron chi connectivity index (χ2n) is 8.18. The van der Waals surface area contributed by atoms with Gasteiger partial charge >= 0.3 is 0 Å². The number of nitrogens with zero attached hydrogens (tertiary/aromatic N) is 2. The number of amides is 1. The number of rotatable bonds is 10. The highest BCUT2D eigenvalue weighted by molar-refractivity contribution is 7.92. The minimum absolute atomic E-state index is 0.106. The van der Waals surface area contributed by atoms with E-state index in [2.05, 4.69) is 24.4 Å². The third kappa shape index (κ3) is 6.68. The quantitative estimate of drug-likeness (QED) is 0.345. The molecule has 178 valence electrons. The molecule has 0 saturated heterocycles. The van der Waals surface area contributed by atoms with Gasteiger partial charge in [0.1, 0.15) is 12.3 Å². The third-order valence-electron chi connectivity index (χ3n) is 4.87. The van der Waals surface area contributed by atoms with Crippen molar-refractivity contribution in [2.24, 2.45) is 11.0 Å². The molecule has 3 rings (SSSR count). The largest absolute Gasteiger partial charge is 0.493 e. The molecule has 34 heavy (non-hydrogen) atoms. The SMILES string of the molecule is Cc1ccccc1N(CC(=O)N/N=C\c1ccc(OCC(C)C)cc1)S(=O)(=O)c1ccccc1. The van der Waals surface area contributed by atoms with Crippen LogP contribution >= 0.6 is 0 Å². The molecule has 1 amide bonds. The fraction of sp³-hybridized carbons (Fsp3) is 0.231. The molecule has 0 saturated carbocycles. The lowest BCUT2D eigenvalue weighted by Gasteiger charge is -2.25. The first kappa shape index (κ1) is 25.0. The van der Waals surface area contributed by atoms with Crippen molar-refractivity contribution >= 4 is 27.8 Å². The van der Waals surface area contributed by atoms with Crippen LogP contribution in [0, 0.1) is 12.8 Å². The number of hydrogen-bond acceptors (Lipinski definition) is 5. The molecule has 8 heteroatoms. The van der Waals surface area contributed by atoms with Gasteiger partial charge in [-0.05, 0) is 66.4 Å². The maximum atomic E-state index is 13.3. The van der Waals surface area contributed by atoms with Gasteiger partial charge in [-0.2, -0.15) is 5.10 Å². The lowest BCUT2D eigenvalue weighted by atomic mass is 10.2. The lowest BCUT2D eigenvalue weighted by molar-refractivity contribution is -0.119. The van der Waals surface area contributed by atoms with E-state index in [0.29, 0.717) is 18.2 Å². The Bertz CT molecular complexity index is 1220. The first-order chi connectivity index (χ1) is 16.3. The summed E-state index contributed by atoms with van der Waals surface area (Å²) in [7, 11) is -3.96. The average molecular weight is 480 g/mol. The maximum absolute atomic E-state index is 13.3. The van der Waals surface area contributed by atoms with Gasteiger partial charge in [0.15, 0.2) is 0 Å². The Morgan fingerprint density at radius 1 is 1.00 bits per heavy atom. The van der Waals surface area contributed by atoms with Gasteiger partial charge in [-0.15, -0.1) is 0 Å². The number of hydrogen-bond donors (Lipinski definition) is 1. The molecular formula is C26H29N3O4S. The monoisotopic (exact) mass is 479 g/mol. The normalized spacial score (nSPS) is 11.5. The summed E-state index contributed by atoms with van der Waals surface area (Å²) in [5.74, 6) is 0.632. The predicted molar refractivity (Wildman–Crippen MR) is 135 cm³/mol. The maximum Gasteiger partial charge on any atom is 0.264 e. The van der Waals surface area contributed by atoms with Gasteiger partial charge in [0.25, 0.3) is 15.9 Å². The molecule has 0 aromatic heterocycles. The van der Waals surface area contributed by atoms with Gasteiger partial charge in [-0.1, -0.05) is 50.2 Å². The highest BCUT2D eigenvalue weighted by atomic mass is 32.2. The fourth-order valence-corrected chi connectivity index (χ4v) is 4.63. The van der Waals surface area contributed by atoms with E-state index >= 15 is 0 Å². The summed E-state index contributed by atoms with van der Waals surface area (Å²) in [6.45, 7) is 6.17. The summed E-state index contributed by atoms with van der Waals surface area (Å²) in [6, 6.07) is 22.4. The number of carbonyl (C=O) groups excluding carboxylic acids is 1. The number of nitrogens with one attached hydrogen (secondary N) is 1. The van der Waals surface area contributed by atoms with Crippen molar-refractivity contribution in [1.29, 1.82) is 0 Å². The zero-order chi connectivity index (χ0) is 24.6. The number of anilines is 1. The molecule has 0 atom stereocenters. The fourth-order valence-electron chi connectivity index (χ4n) is 3.12. The van der Waals surface area contributed by atoms with E-state index in [0.717, 1.165) is 21.2 Å². The Balaban J connectivity index is 1.72. The smallest absolute Gasteiger partial charge is 0.264 e. The number of benzene rings is 3. The van der Waals surface area contributed by atoms with Gasteiger partial charge in [0.2, 0.25) is 0 Å². The Hall–Kier alpha value is -3.65. The summed E-state index contributed by atoms with van der Waals surface area (Å²) in [5, 5.41) is 3.98. The summed E-state index contributed by atoms with van der Waals surface area (Å²) < 4.78 is 33.4. The van der Waals surface area contributed by atoms with E-state index in [1.54, 1.807) is 43.3 Å². The minimum Gasteiger partial charge on any atom is -0.493 e. The van der Waals surface area contributed by atoms with E-state index < -0.39 is 22.5 Å². The molecule has 0 fully saturated rings. The van der Waals surface area contributed by atoms with Crippen LogP contribution in [-0.4, -0.2) is 33.7 Å². The van der Waals surface area contributed by atoms with Crippen molar-refractivity contribution in [1.82, 2.24) is 5.43 Å². The van der Waals surface area contributed by atoms with Crippen LogP contribution < -0.4 is 14.5 Å². The summed E-state index contributed by atoms with van der Waals surface area (Å²) in [5.41, 5.74) is 4.36. The first-order valence-electron chi connectivity index (χ1n) is 11.0. The van der Waals surface area contributed by atoms with E-state index in [1.807, 2.05) is 30.3 Å². The van der Waals surface area contributed by atoms with E-state index in [9.17, 15) is 13.2 Å². The average Bonchev–Trinajstić information content (AvgIpc) is 2.83. The summed E-state index contributed by atoms with van der Waals surface area (Å²) in [6.07, 6.45) is 1.49. The number of para-hydroxylation sites is 1. The van der Waals surface area contributed by atoms with Crippen molar-refractivity contribution in [3.05, 3.63) is 90.0 Å². The number of aryl methyl sites for hydroxylation is 1. The molecule has 0 aliphatic rings. The topological polar surface area (TPSA) is 88.1 Å². The number of ether oxygens (including phenoxy) is 1. The van der Waals surface area contributed by atoms with Crippen LogP contribution in [0.3, 0.4) is 0 Å². The van der Waals surface area contributed by atoms with Gasteiger partial charge in [0.05, 0.1) is 23.4 Å². The molecule has 0 heterocycles. The zero-order valence-electron chi connectivity index (χ0n) is 19.5. The Morgan fingerprint density at radius 2 is 1.65 bits per heavy atom. The van der Waals surface area contributed by atoms with Gasteiger partial charge in [-0.25, -0.2) is 13.8 Å². The van der Waals surface area contributed by atoms with Crippen molar-refractivity contribution < 1.29 is 17.9 Å². The predicted octanol–water partition coefficient (Wildman–Crippen LogP) is 4.38. The van der Waals surface area contributed by atoms with Crippen LogP contribution in [-0.2, 0) is 14.8 Å². The molecule has 0 unspecified atom stereocenters. The molecule has 0 aliphatic carbocycles. The number of hydrazone groups is 1. The van der Waals surface area contributed by atoms with Crippen molar-refractivity contribution in [3.8, 4) is 5.75 Å². The van der Waals surface area contributed by atoms with E-state index in [1.165, 1.54) is 18.3 Å². The van der Waals surface area contributed by atoms with Crippen LogP contribution in [0.25, 0.3) is 0 Å². The molecular weight excluding hydrogens is 450 g/mol. The third-order valence-corrected chi connectivity index (χ3v) is 6.64.